The number of anilines is 1. The van der Waals surface area contributed by atoms with E-state index in [-0.39, 0.29) is 0 Å². The Morgan fingerprint density at radius 2 is 1.89 bits per heavy atom. The average Bonchev–Trinajstić information content (AvgIpc) is 2.42. The number of pyridine rings is 1. The van der Waals surface area contributed by atoms with Crippen LogP contribution in [0.2, 0.25) is 0 Å². The number of rotatable bonds is 5. The Morgan fingerprint density at radius 1 is 1.16 bits per heavy atom. The molecule has 0 aliphatic carbocycles. The molecule has 0 bridgehead atoms. The number of nitrogens with zero attached hydrogens (tertiary/aromatic N) is 2. The second kappa shape index (κ2) is 6.20. The van der Waals surface area contributed by atoms with E-state index in [4.69, 9.17) is 10.5 Å². The average molecular weight is 257 g/mol. The predicted molar refractivity (Wildman–Crippen MR) is 76.8 cm³/mol. The number of nitrogens with two attached hydrogens (primary N) is 1. The summed E-state index contributed by atoms with van der Waals surface area (Å²) in [5.41, 5.74) is 8.14. The summed E-state index contributed by atoms with van der Waals surface area (Å²) in [5.74, 6) is 1.48. The first-order chi connectivity index (χ1) is 9.19. The van der Waals surface area contributed by atoms with Gasteiger partial charge in [0.15, 0.2) is 0 Å². The molecule has 0 atom stereocenters. The third-order valence-corrected chi connectivity index (χ3v) is 2.98. The van der Waals surface area contributed by atoms with Crippen LogP contribution in [0.4, 0.5) is 5.82 Å². The third-order valence-electron chi connectivity index (χ3n) is 2.98. The highest BCUT2D eigenvalue weighted by Crippen LogP contribution is 2.15. The van der Waals surface area contributed by atoms with Crippen LogP contribution in [0.3, 0.4) is 0 Å². The van der Waals surface area contributed by atoms with E-state index in [1.54, 1.807) is 13.3 Å². The topological polar surface area (TPSA) is 51.4 Å². The van der Waals surface area contributed by atoms with Gasteiger partial charge in [0.05, 0.1) is 7.11 Å². The van der Waals surface area contributed by atoms with Gasteiger partial charge in [-0.05, 0) is 30.8 Å². The minimum absolute atomic E-state index is 0.601. The summed E-state index contributed by atoms with van der Waals surface area (Å²) in [6.45, 7) is 1.64. The van der Waals surface area contributed by atoms with Crippen molar-refractivity contribution in [3.8, 4) is 5.75 Å². The van der Waals surface area contributed by atoms with E-state index in [9.17, 15) is 0 Å². The van der Waals surface area contributed by atoms with Crippen molar-refractivity contribution in [2.45, 2.75) is 13.1 Å². The zero-order valence-corrected chi connectivity index (χ0v) is 11.3. The molecule has 2 aromatic rings. The highest BCUT2D eigenvalue weighted by atomic mass is 16.5. The molecule has 100 valence electrons. The number of ether oxygens (including phenoxy) is 1. The van der Waals surface area contributed by atoms with Crippen LogP contribution < -0.4 is 10.5 Å². The molecule has 1 aromatic heterocycles. The minimum atomic E-state index is 0.601. The third kappa shape index (κ3) is 3.69. The molecule has 2 N–H and O–H groups in total. The van der Waals surface area contributed by atoms with Gasteiger partial charge in [0.1, 0.15) is 11.6 Å². The standard InChI is InChI=1S/C15H19N3O/c1-18(11-13-4-3-9-17-15(13)16)10-12-5-7-14(19-2)8-6-12/h3-9H,10-11H2,1-2H3,(H2,16,17). The van der Waals surface area contributed by atoms with Crippen molar-refractivity contribution in [3.05, 3.63) is 53.7 Å². The number of hydrogen-bond acceptors (Lipinski definition) is 4. The first kappa shape index (κ1) is 13.4. The van der Waals surface area contributed by atoms with E-state index in [2.05, 4.69) is 29.1 Å². The number of hydrogen-bond donors (Lipinski definition) is 1. The summed E-state index contributed by atoms with van der Waals surface area (Å²) in [6, 6.07) is 12.0. The molecule has 1 heterocycles. The number of nitrogen functional groups attached to an aromatic ring is 1. The van der Waals surface area contributed by atoms with Crippen molar-refractivity contribution >= 4 is 5.82 Å². The lowest BCUT2D eigenvalue weighted by Crippen LogP contribution is -2.18. The summed E-state index contributed by atoms with van der Waals surface area (Å²) < 4.78 is 5.15. The molecule has 4 nitrogen and oxygen atoms in total. The number of methoxy groups -OCH3 is 1. The SMILES string of the molecule is COc1ccc(CN(C)Cc2cccnc2N)cc1. The van der Waals surface area contributed by atoms with Crippen LogP contribution in [0.1, 0.15) is 11.1 Å². The van der Waals surface area contributed by atoms with Gasteiger partial charge in [-0.3, -0.25) is 4.90 Å². The monoisotopic (exact) mass is 257 g/mol. The van der Waals surface area contributed by atoms with Gasteiger partial charge in [0.25, 0.3) is 0 Å². The summed E-state index contributed by atoms with van der Waals surface area (Å²) in [5, 5.41) is 0. The Balaban J connectivity index is 1.97. The highest BCUT2D eigenvalue weighted by molar-refractivity contribution is 5.38. The Morgan fingerprint density at radius 3 is 2.53 bits per heavy atom. The van der Waals surface area contributed by atoms with Crippen molar-refractivity contribution in [3.63, 3.8) is 0 Å². The fourth-order valence-electron chi connectivity index (χ4n) is 1.97. The quantitative estimate of drug-likeness (QED) is 0.893. The normalized spacial score (nSPS) is 10.7. The van der Waals surface area contributed by atoms with Gasteiger partial charge >= 0.3 is 0 Å². The van der Waals surface area contributed by atoms with E-state index < -0.39 is 0 Å². The van der Waals surface area contributed by atoms with Crippen molar-refractivity contribution in [1.29, 1.82) is 0 Å². The predicted octanol–water partition coefficient (Wildman–Crippen LogP) is 2.30. The maximum Gasteiger partial charge on any atom is 0.127 e. The molecule has 0 saturated heterocycles. The van der Waals surface area contributed by atoms with Crippen LogP contribution in [0.5, 0.6) is 5.75 Å². The molecule has 0 fully saturated rings. The lowest BCUT2D eigenvalue weighted by atomic mass is 10.2. The molecule has 0 unspecified atom stereocenters. The summed E-state index contributed by atoms with van der Waals surface area (Å²) >= 11 is 0. The smallest absolute Gasteiger partial charge is 0.127 e. The van der Waals surface area contributed by atoms with Crippen molar-refractivity contribution in [2.75, 3.05) is 19.9 Å². The van der Waals surface area contributed by atoms with Crippen LogP contribution in [0.25, 0.3) is 0 Å². The molecule has 2 rings (SSSR count). The van der Waals surface area contributed by atoms with Gasteiger partial charge < -0.3 is 10.5 Å². The molecule has 1 aromatic carbocycles. The zero-order valence-electron chi connectivity index (χ0n) is 11.3. The Hall–Kier alpha value is -2.07. The van der Waals surface area contributed by atoms with Crippen LogP contribution in [0, 0.1) is 0 Å². The molecule has 0 aliphatic rings. The lowest BCUT2D eigenvalue weighted by molar-refractivity contribution is 0.319. The highest BCUT2D eigenvalue weighted by Gasteiger charge is 2.05. The van der Waals surface area contributed by atoms with Crippen LogP contribution >= 0.6 is 0 Å². The van der Waals surface area contributed by atoms with Gasteiger partial charge in [-0.1, -0.05) is 18.2 Å². The van der Waals surface area contributed by atoms with Gasteiger partial charge in [0, 0.05) is 24.8 Å². The Bertz CT molecular complexity index is 525. The molecule has 0 aliphatic heterocycles. The van der Waals surface area contributed by atoms with Crippen LogP contribution in [-0.2, 0) is 13.1 Å². The van der Waals surface area contributed by atoms with Crippen LogP contribution in [-0.4, -0.2) is 24.0 Å². The Labute approximate surface area is 113 Å². The fourth-order valence-corrected chi connectivity index (χ4v) is 1.97. The van der Waals surface area contributed by atoms with E-state index in [1.807, 2.05) is 24.3 Å². The number of aromatic nitrogens is 1. The molecule has 0 saturated carbocycles. The lowest BCUT2D eigenvalue weighted by Gasteiger charge is -2.17. The van der Waals surface area contributed by atoms with Gasteiger partial charge in [0.2, 0.25) is 0 Å². The summed E-state index contributed by atoms with van der Waals surface area (Å²) in [4.78, 5) is 6.30. The maximum absolute atomic E-state index is 5.85. The fraction of sp³-hybridized carbons (Fsp3) is 0.267. The molecule has 4 heteroatoms. The van der Waals surface area contributed by atoms with E-state index in [0.29, 0.717) is 5.82 Å². The largest absolute Gasteiger partial charge is 0.497 e. The maximum atomic E-state index is 5.85. The first-order valence-corrected chi connectivity index (χ1v) is 6.20. The number of benzene rings is 1. The first-order valence-electron chi connectivity index (χ1n) is 6.20. The van der Waals surface area contributed by atoms with Crippen LogP contribution in [0.15, 0.2) is 42.6 Å². The van der Waals surface area contributed by atoms with Crippen molar-refractivity contribution in [1.82, 2.24) is 9.88 Å². The second-order valence-corrected chi connectivity index (χ2v) is 4.57. The minimum Gasteiger partial charge on any atom is -0.497 e. The van der Waals surface area contributed by atoms with Gasteiger partial charge in [-0.2, -0.15) is 0 Å². The molecular weight excluding hydrogens is 238 g/mol. The van der Waals surface area contributed by atoms with E-state index >= 15 is 0 Å². The van der Waals surface area contributed by atoms with Crippen molar-refractivity contribution < 1.29 is 4.74 Å². The molecule has 0 radical (unpaired) electrons. The molecule has 19 heavy (non-hydrogen) atoms. The summed E-state index contributed by atoms with van der Waals surface area (Å²) in [6.07, 6.45) is 1.71. The molecule has 0 amide bonds. The van der Waals surface area contributed by atoms with Gasteiger partial charge in [-0.15, -0.1) is 0 Å². The molecule has 0 spiro atoms. The zero-order chi connectivity index (χ0) is 13.7. The summed E-state index contributed by atoms with van der Waals surface area (Å²) in [7, 11) is 3.74. The second-order valence-electron chi connectivity index (χ2n) is 4.57. The van der Waals surface area contributed by atoms with Crippen molar-refractivity contribution in [2.24, 2.45) is 0 Å². The Kier molecular flexibility index (Phi) is 4.36. The van der Waals surface area contributed by atoms with Gasteiger partial charge in [-0.25, -0.2) is 4.98 Å². The molecular formula is C15H19N3O. The van der Waals surface area contributed by atoms with E-state index in [1.165, 1.54) is 5.56 Å². The van der Waals surface area contributed by atoms with E-state index in [0.717, 1.165) is 24.4 Å².